The number of carbonyl (C=O) groups excluding carboxylic acids is 1. The summed E-state index contributed by atoms with van der Waals surface area (Å²) in [5.74, 6) is 0.726. The molecule has 5 nitrogen and oxygen atoms in total. The summed E-state index contributed by atoms with van der Waals surface area (Å²) in [5, 5.41) is 3.30. The minimum absolute atomic E-state index is 0.100. The molecule has 0 spiro atoms. The van der Waals surface area contributed by atoms with Gasteiger partial charge < -0.3 is 15.0 Å². The number of ether oxygens (including phenoxy) is 1. The van der Waals surface area contributed by atoms with Crippen molar-refractivity contribution in [2.24, 2.45) is 0 Å². The first kappa shape index (κ1) is 17.5. The zero-order valence-corrected chi connectivity index (χ0v) is 14.8. The molecule has 1 aromatic heterocycles. The lowest BCUT2D eigenvalue weighted by Crippen LogP contribution is -2.26. The van der Waals surface area contributed by atoms with Crippen LogP contribution in [0, 0.1) is 0 Å². The van der Waals surface area contributed by atoms with Gasteiger partial charge in [-0.2, -0.15) is 0 Å². The number of anilines is 2. The number of carbonyl (C=O) groups is 1. The Hall–Kier alpha value is -3.34. The molecule has 5 heteroatoms. The molecule has 0 unspecified atom stereocenters. The maximum atomic E-state index is 12.7. The number of nitrogens with zero attached hydrogens (tertiary/aromatic N) is 2. The fraction of sp³-hybridized carbons (Fsp3) is 0.143. The summed E-state index contributed by atoms with van der Waals surface area (Å²) in [6.07, 6.45) is 3.29. The van der Waals surface area contributed by atoms with Crippen molar-refractivity contribution in [1.29, 1.82) is 0 Å². The molecule has 0 saturated carbocycles. The molecular formula is C21H21N3O2. The number of nitrogens with one attached hydrogen (secondary N) is 1. The van der Waals surface area contributed by atoms with Gasteiger partial charge in [0.2, 0.25) is 0 Å². The number of benzene rings is 2. The second kappa shape index (κ2) is 8.16. The highest BCUT2D eigenvalue weighted by Gasteiger charge is 2.14. The van der Waals surface area contributed by atoms with E-state index in [9.17, 15) is 4.79 Å². The third-order valence-electron chi connectivity index (χ3n) is 4.09. The van der Waals surface area contributed by atoms with Crippen LogP contribution in [0.15, 0.2) is 73.1 Å². The van der Waals surface area contributed by atoms with Gasteiger partial charge in [0.15, 0.2) is 0 Å². The largest absolute Gasteiger partial charge is 0.497 e. The van der Waals surface area contributed by atoms with E-state index in [0.717, 1.165) is 22.7 Å². The highest BCUT2D eigenvalue weighted by Crippen LogP contribution is 2.17. The van der Waals surface area contributed by atoms with Crippen LogP contribution in [0.25, 0.3) is 0 Å². The van der Waals surface area contributed by atoms with E-state index in [0.29, 0.717) is 12.1 Å². The molecule has 0 aliphatic rings. The normalized spacial score (nSPS) is 10.2. The standard InChI is InChI=1S/C21H21N3O2/c1-24(19-6-4-3-5-7-19)21(25)17-12-18(15-22-14-17)23-13-16-8-10-20(26-2)11-9-16/h3-12,14-15,23H,13H2,1-2H3. The number of pyridine rings is 1. The summed E-state index contributed by atoms with van der Waals surface area (Å²) >= 11 is 0. The Balaban J connectivity index is 1.68. The van der Waals surface area contributed by atoms with E-state index in [1.165, 1.54) is 0 Å². The lowest BCUT2D eigenvalue weighted by atomic mass is 10.2. The molecule has 132 valence electrons. The molecule has 3 rings (SSSR count). The Bertz CT molecular complexity index is 864. The van der Waals surface area contributed by atoms with E-state index in [2.05, 4.69) is 10.3 Å². The molecule has 0 saturated heterocycles. The predicted molar refractivity (Wildman–Crippen MR) is 104 cm³/mol. The lowest BCUT2D eigenvalue weighted by molar-refractivity contribution is 0.0992. The molecule has 26 heavy (non-hydrogen) atoms. The monoisotopic (exact) mass is 347 g/mol. The molecule has 2 aromatic carbocycles. The van der Waals surface area contributed by atoms with Crippen LogP contribution in [0.1, 0.15) is 15.9 Å². The summed E-state index contributed by atoms with van der Waals surface area (Å²) in [7, 11) is 3.41. The predicted octanol–water partition coefficient (Wildman–Crippen LogP) is 3.98. The van der Waals surface area contributed by atoms with E-state index >= 15 is 0 Å². The van der Waals surface area contributed by atoms with Crippen LogP contribution in [0.4, 0.5) is 11.4 Å². The maximum Gasteiger partial charge on any atom is 0.259 e. The molecule has 0 aliphatic heterocycles. The van der Waals surface area contributed by atoms with E-state index in [4.69, 9.17) is 4.74 Å². The second-order valence-corrected chi connectivity index (χ2v) is 5.86. The third kappa shape index (κ3) is 4.19. The molecule has 1 heterocycles. The smallest absolute Gasteiger partial charge is 0.259 e. The first-order valence-corrected chi connectivity index (χ1v) is 8.32. The number of methoxy groups -OCH3 is 1. The van der Waals surface area contributed by atoms with E-state index < -0.39 is 0 Å². The van der Waals surface area contributed by atoms with Crippen molar-refractivity contribution in [2.45, 2.75) is 6.54 Å². The van der Waals surface area contributed by atoms with Gasteiger partial charge in [0.1, 0.15) is 5.75 Å². The molecule has 3 aromatic rings. The van der Waals surface area contributed by atoms with Crippen molar-refractivity contribution in [3.63, 3.8) is 0 Å². The summed E-state index contributed by atoms with van der Waals surface area (Å²) in [6, 6.07) is 19.2. The third-order valence-corrected chi connectivity index (χ3v) is 4.09. The number of aromatic nitrogens is 1. The molecule has 1 N–H and O–H groups in total. The van der Waals surface area contributed by atoms with Crippen molar-refractivity contribution >= 4 is 17.3 Å². The number of rotatable bonds is 6. The Labute approximate surface area is 153 Å². The Morgan fingerprint density at radius 1 is 1.08 bits per heavy atom. The van der Waals surface area contributed by atoms with Crippen LogP contribution >= 0.6 is 0 Å². The van der Waals surface area contributed by atoms with Crippen molar-refractivity contribution in [1.82, 2.24) is 4.98 Å². The van der Waals surface area contributed by atoms with E-state index in [1.54, 1.807) is 31.5 Å². The molecule has 0 aliphatic carbocycles. The maximum absolute atomic E-state index is 12.7. The van der Waals surface area contributed by atoms with Crippen molar-refractivity contribution in [3.05, 3.63) is 84.2 Å². The van der Waals surface area contributed by atoms with E-state index in [-0.39, 0.29) is 5.91 Å². The summed E-state index contributed by atoms with van der Waals surface area (Å²) in [6.45, 7) is 0.637. The highest BCUT2D eigenvalue weighted by molar-refractivity contribution is 6.05. The first-order valence-electron chi connectivity index (χ1n) is 8.32. The van der Waals surface area contributed by atoms with Gasteiger partial charge in [-0.3, -0.25) is 9.78 Å². The number of hydrogen-bond acceptors (Lipinski definition) is 4. The van der Waals surface area contributed by atoms with Crippen LogP contribution in [0.2, 0.25) is 0 Å². The van der Waals surface area contributed by atoms with Gasteiger partial charge in [-0.05, 0) is 35.9 Å². The van der Waals surface area contributed by atoms with Gasteiger partial charge in [0.25, 0.3) is 5.91 Å². The van der Waals surface area contributed by atoms with Gasteiger partial charge >= 0.3 is 0 Å². The van der Waals surface area contributed by atoms with Gasteiger partial charge in [0.05, 0.1) is 18.4 Å². The molecule has 0 fully saturated rings. The Morgan fingerprint density at radius 2 is 1.81 bits per heavy atom. The minimum atomic E-state index is -0.100. The van der Waals surface area contributed by atoms with Crippen LogP contribution in [-0.4, -0.2) is 25.0 Å². The van der Waals surface area contributed by atoms with Crippen LogP contribution < -0.4 is 15.0 Å². The van der Waals surface area contributed by atoms with Crippen molar-refractivity contribution in [2.75, 3.05) is 24.4 Å². The quantitative estimate of drug-likeness (QED) is 0.733. The van der Waals surface area contributed by atoms with Crippen LogP contribution in [0.3, 0.4) is 0 Å². The zero-order chi connectivity index (χ0) is 18.4. The minimum Gasteiger partial charge on any atom is -0.497 e. The molecule has 0 atom stereocenters. The van der Waals surface area contributed by atoms with Crippen molar-refractivity contribution in [3.8, 4) is 5.75 Å². The summed E-state index contributed by atoms with van der Waals surface area (Å²) in [4.78, 5) is 18.5. The number of hydrogen-bond donors (Lipinski definition) is 1. The zero-order valence-electron chi connectivity index (χ0n) is 14.8. The van der Waals surface area contributed by atoms with Gasteiger partial charge in [-0.25, -0.2) is 0 Å². The SMILES string of the molecule is COc1ccc(CNc2cncc(C(=O)N(C)c3ccccc3)c2)cc1. The Kier molecular flexibility index (Phi) is 5.49. The lowest BCUT2D eigenvalue weighted by Gasteiger charge is -2.17. The second-order valence-electron chi connectivity index (χ2n) is 5.86. The van der Waals surface area contributed by atoms with Gasteiger partial charge in [-0.1, -0.05) is 30.3 Å². The fourth-order valence-electron chi connectivity index (χ4n) is 2.56. The van der Waals surface area contributed by atoms with Gasteiger partial charge in [-0.15, -0.1) is 0 Å². The average molecular weight is 347 g/mol. The molecule has 0 radical (unpaired) electrons. The average Bonchev–Trinajstić information content (AvgIpc) is 2.72. The highest BCUT2D eigenvalue weighted by atomic mass is 16.5. The molecule has 0 bridgehead atoms. The molecule has 1 amide bonds. The Morgan fingerprint density at radius 3 is 2.50 bits per heavy atom. The molecular weight excluding hydrogens is 326 g/mol. The number of amides is 1. The van der Waals surface area contributed by atoms with Crippen LogP contribution in [-0.2, 0) is 6.54 Å². The topological polar surface area (TPSA) is 54.5 Å². The van der Waals surface area contributed by atoms with Crippen molar-refractivity contribution < 1.29 is 9.53 Å². The summed E-state index contributed by atoms with van der Waals surface area (Å²) < 4.78 is 5.16. The number of para-hydroxylation sites is 1. The summed E-state index contributed by atoms with van der Waals surface area (Å²) in [5.41, 5.74) is 3.29. The van der Waals surface area contributed by atoms with Gasteiger partial charge in [0, 0.05) is 31.7 Å². The fourth-order valence-corrected chi connectivity index (χ4v) is 2.56. The van der Waals surface area contributed by atoms with Crippen LogP contribution in [0.5, 0.6) is 5.75 Å². The van der Waals surface area contributed by atoms with E-state index in [1.807, 2.05) is 60.7 Å². The first-order chi connectivity index (χ1) is 12.7.